The Balaban J connectivity index is 1.56. The van der Waals surface area contributed by atoms with E-state index >= 15 is 0 Å². The number of aromatic nitrogens is 1. The monoisotopic (exact) mass is 296 g/mol. The number of ether oxygens (including phenoxy) is 1. The summed E-state index contributed by atoms with van der Waals surface area (Å²) in [5, 5.41) is 0. The van der Waals surface area contributed by atoms with Crippen molar-refractivity contribution in [2.45, 2.75) is 58.1 Å². The molecule has 0 amide bonds. The first kappa shape index (κ1) is 15.1. The predicted molar refractivity (Wildman–Crippen MR) is 89.1 cm³/mol. The molecule has 0 spiro atoms. The minimum absolute atomic E-state index is 0.374. The van der Waals surface area contributed by atoms with Gasteiger partial charge >= 0.3 is 0 Å². The highest BCUT2D eigenvalue weighted by Crippen LogP contribution is 2.32. The van der Waals surface area contributed by atoms with Crippen molar-refractivity contribution in [2.24, 2.45) is 0 Å². The van der Waals surface area contributed by atoms with Crippen LogP contribution in [0.1, 0.15) is 50.2 Å². The molecule has 2 heteroatoms. The lowest BCUT2D eigenvalue weighted by atomic mass is 9.95. The molecule has 0 radical (unpaired) electrons. The van der Waals surface area contributed by atoms with Crippen molar-refractivity contribution < 1.29 is 9.30 Å². The Morgan fingerprint density at radius 3 is 2.77 bits per heavy atom. The van der Waals surface area contributed by atoms with E-state index in [1.807, 2.05) is 0 Å². The van der Waals surface area contributed by atoms with E-state index in [9.17, 15) is 0 Å². The summed E-state index contributed by atoms with van der Waals surface area (Å²) in [6.07, 6.45) is 9.23. The zero-order valence-corrected chi connectivity index (χ0v) is 13.7. The second kappa shape index (κ2) is 6.95. The maximum absolute atomic E-state index is 6.25. The van der Waals surface area contributed by atoms with Crippen LogP contribution in [-0.2, 0) is 13.0 Å². The number of fused-ring (bicyclic) bond motifs is 1. The Kier molecular flexibility index (Phi) is 4.77. The van der Waals surface area contributed by atoms with Crippen LogP contribution in [0.3, 0.4) is 0 Å². The van der Waals surface area contributed by atoms with Gasteiger partial charge in [0, 0.05) is 18.6 Å². The smallest absolute Gasteiger partial charge is 0.168 e. The van der Waals surface area contributed by atoms with Gasteiger partial charge in [-0.2, -0.15) is 0 Å². The molecule has 0 aliphatic carbocycles. The topological polar surface area (TPSA) is 13.1 Å². The van der Waals surface area contributed by atoms with Crippen LogP contribution < -0.4 is 9.30 Å². The van der Waals surface area contributed by atoms with Crippen molar-refractivity contribution in [3.63, 3.8) is 0 Å². The van der Waals surface area contributed by atoms with Crippen molar-refractivity contribution >= 4 is 0 Å². The summed E-state index contributed by atoms with van der Waals surface area (Å²) in [7, 11) is 0. The molecule has 2 nitrogen and oxygen atoms in total. The Morgan fingerprint density at radius 2 is 2.00 bits per heavy atom. The van der Waals surface area contributed by atoms with E-state index in [2.05, 4.69) is 67.2 Å². The molecule has 1 aromatic heterocycles. The van der Waals surface area contributed by atoms with Gasteiger partial charge in [-0.3, -0.25) is 0 Å². The first-order valence-corrected chi connectivity index (χ1v) is 8.46. The molecule has 3 rings (SSSR count). The molecule has 22 heavy (non-hydrogen) atoms. The fourth-order valence-corrected chi connectivity index (χ4v) is 3.09. The number of nitrogens with zero attached hydrogens (tertiary/aromatic N) is 1. The summed E-state index contributed by atoms with van der Waals surface area (Å²) in [6, 6.07) is 13.0. The number of aryl methyl sites for hydroxylation is 2. The number of hydrogen-bond acceptors (Lipinski definition) is 1. The lowest BCUT2D eigenvalue weighted by molar-refractivity contribution is -0.697. The third-order valence-corrected chi connectivity index (χ3v) is 4.51. The molecule has 1 atom stereocenters. The van der Waals surface area contributed by atoms with E-state index in [1.165, 1.54) is 17.5 Å². The van der Waals surface area contributed by atoms with Gasteiger partial charge in [-0.25, -0.2) is 4.57 Å². The molecule has 0 N–H and O–H groups in total. The van der Waals surface area contributed by atoms with E-state index in [1.54, 1.807) is 0 Å². The average molecular weight is 296 g/mol. The van der Waals surface area contributed by atoms with Gasteiger partial charge in [0.1, 0.15) is 12.3 Å². The summed E-state index contributed by atoms with van der Waals surface area (Å²) in [4.78, 5) is 0. The van der Waals surface area contributed by atoms with Gasteiger partial charge in [-0.15, -0.1) is 0 Å². The zero-order chi connectivity index (χ0) is 15.4. The quantitative estimate of drug-likeness (QED) is 0.751. The van der Waals surface area contributed by atoms with Gasteiger partial charge in [0.15, 0.2) is 12.4 Å². The summed E-state index contributed by atoms with van der Waals surface area (Å²) in [5.41, 5.74) is 2.75. The highest BCUT2D eigenvalue weighted by atomic mass is 16.5. The Hall–Kier alpha value is -1.83. The fourth-order valence-electron chi connectivity index (χ4n) is 3.09. The van der Waals surface area contributed by atoms with Gasteiger partial charge in [0.2, 0.25) is 0 Å². The fraction of sp³-hybridized carbons (Fsp3) is 0.450. The zero-order valence-electron chi connectivity index (χ0n) is 13.7. The highest BCUT2D eigenvalue weighted by molar-refractivity contribution is 5.40. The average Bonchev–Trinajstić information content (AvgIpc) is 2.55. The predicted octanol–water partition coefficient (Wildman–Crippen LogP) is 4.27. The van der Waals surface area contributed by atoms with Crippen LogP contribution in [0, 0.1) is 0 Å². The lowest BCUT2D eigenvalue weighted by Gasteiger charge is -2.26. The minimum Gasteiger partial charge on any atom is -0.490 e. The molecule has 0 saturated carbocycles. The third kappa shape index (κ3) is 3.68. The van der Waals surface area contributed by atoms with Crippen LogP contribution in [-0.4, -0.2) is 6.10 Å². The molecule has 2 aromatic rings. The van der Waals surface area contributed by atoms with Gasteiger partial charge in [0.05, 0.1) is 6.10 Å². The molecule has 1 aliphatic heterocycles. The Morgan fingerprint density at radius 1 is 1.18 bits per heavy atom. The van der Waals surface area contributed by atoms with Gasteiger partial charge in [-0.05, 0) is 42.4 Å². The van der Waals surface area contributed by atoms with Crippen LogP contribution in [0.4, 0.5) is 0 Å². The molecule has 0 bridgehead atoms. The molecule has 1 unspecified atom stereocenters. The van der Waals surface area contributed by atoms with Crippen LogP contribution >= 0.6 is 0 Å². The second-order valence-corrected chi connectivity index (χ2v) is 6.56. The number of hydrogen-bond donors (Lipinski definition) is 0. The number of pyridine rings is 1. The molecule has 1 aliphatic rings. The molecule has 0 fully saturated rings. The molecule has 1 aromatic carbocycles. The Bertz CT molecular complexity index is 606. The maximum Gasteiger partial charge on any atom is 0.168 e. The summed E-state index contributed by atoms with van der Waals surface area (Å²) >= 11 is 0. The van der Waals surface area contributed by atoms with Crippen molar-refractivity contribution in [3.05, 3.63) is 59.9 Å². The summed E-state index contributed by atoms with van der Waals surface area (Å²) in [5.74, 6) is 1.68. The number of rotatable bonds is 5. The van der Waals surface area contributed by atoms with E-state index < -0.39 is 0 Å². The highest BCUT2D eigenvalue weighted by Gasteiger charge is 2.20. The van der Waals surface area contributed by atoms with Gasteiger partial charge in [-0.1, -0.05) is 32.0 Å². The second-order valence-electron chi connectivity index (χ2n) is 6.56. The summed E-state index contributed by atoms with van der Waals surface area (Å²) < 4.78 is 8.50. The molecular formula is C20H26NO+. The molecule has 2 heterocycles. The standard InChI is InChI=1S/C20H26NO/c1-16(2)18-9-8-17-10-11-19(22-20(17)15-18)7-6-14-21-12-4-3-5-13-21/h3-5,8-9,12-13,15-16,19H,6-7,10-11,14H2,1-2H3/q+1. The van der Waals surface area contributed by atoms with Crippen molar-refractivity contribution in [3.8, 4) is 5.75 Å². The van der Waals surface area contributed by atoms with Crippen LogP contribution in [0.25, 0.3) is 0 Å². The minimum atomic E-state index is 0.374. The van der Waals surface area contributed by atoms with E-state index in [4.69, 9.17) is 4.74 Å². The summed E-state index contributed by atoms with van der Waals surface area (Å²) in [6.45, 7) is 5.54. The van der Waals surface area contributed by atoms with Gasteiger partial charge < -0.3 is 4.74 Å². The van der Waals surface area contributed by atoms with Crippen molar-refractivity contribution in [1.29, 1.82) is 0 Å². The maximum atomic E-state index is 6.25. The molecule has 0 saturated heterocycles. The van der Waals surface area contributed by atoms with Gasteiger partial charge in [0.25, 0.3) is 0 Å². The third-order valence-electron chi connectivity index (χ3n) is 4.51. The molecular weight excluding hydrogens is 270 g/mol. The van der Waals surface area contributed by atoms with Crippen molar-refractivity contribution in [2.75, 3.05) is 0 Å². The largest absolute Gasteiger partial charge is 0.490 e. The van der Waals surface area contributed by atoms with Crippen LogP contribution in [0.5, 0.6) is 5.75 Å². The first-order valence-electron chi connectivity index (χ1n) is 8.46. The van der Waals surface area contributed by atoms with E-state index in [-0.39, 0.29) is 0 Å². The number of benzene rings is 1. The SMILES string of the molecule is CC(C)c1ccc2c(c1)OC(CCC[n+]1ccccc1)CC2. The normalized spacial score (nSPS) is 17.1. The van der Waals surface area contributed by atoms with E-state index in [0.29, 0.717) is 12.0 Å². The lowest BCUT2D eigenvalue weighted by Crippen LogP contribution is -2.33. The first-order chi connectivity index (χ1) is 10.7. The van der Waals surface area contributed by atoms with E-state index in [0.717, 1.165) is 31.6 Å². The van der Waals surface area contributed by atoms with Crippen LogP contribution in [0.15, 0.2) is 48.8 Å². The van der Waals surface area contributed by atoms with Crippen LogP contribution in [0.2, 0.25) is 0 Å². The Labute approximate surface area is 133 Å². The molecule has 116 valence electrons. The van der Waals surface area contributed by atoms with Crippen molar-refractivity contribution in [1.82, 2.24) is 0 Å².